The Balaban J connectivity index is 1.42. The molecule has 0 bridgehead atoms. The van der Waals surface area contributed by atoms with E-state index in [0.29, 0.717) is 0 Å². The van der Waals surface area contributed by atoms with Gasteiger partial charge >= 0.3 is 0 Å². The zero-order chi connectivity index (χ0) is 18.2. The third-order valence-corrected chi connectivity index (χ3v) is 6.09. The molecular formula is C22H17N3OS. The first-order valence-corrected chi connectivity index (χ1v) is 9.75. The molecule has 27 heavy (non-hydrogen) atoms. The number of hydrogen-bond donors (Lipinski definition) is 2. The van der Waals surface area contributed by atoms with Crippen molar-refractivity contribution in [2.24, 2.45) is 0 Å². The van der Waals surface area contributed by atoms with Crippen LogP contribution >= 0.6 is 11.8 Å². The summed E-state index contributed by atoms with van der Waals surface area (Å²) in [5.41, 5.74) is 4.81. The van der Waals surface area contributed by atoms with Crippen molar-refractivity contribution in [3.05, 3.63) is 78.4 Å². The average Bonchev–Trinajstić information content (AvgIpc) is 3.32. The SMILES string of the molecule is O=C(Nc1ccccc1-c1nc2ccccc2[nH]1)C1Cc2ccccc2S1. The number of aromatic amines is 1. The molecule has 0 radical (unpaired) electrons. The fourth-order valence-corrected chi connectivity index (χ4v) is 4.62. The molecule has 3 aromatic carbocycles. The Kier molecular flexibility index (Phi) is 3.94. The summed E-state index contributed by atoms with van der Waals surface area (Å²) in [6, 6.07) is 23.9. The van der Waals surface area contributed by atoms with Crippen LogP contribution < -0.4 is 5.32 Å². The normalized spacial score (nSPS) is 15.6. The fraction of sp³-hybridized carbons (Fsp3) is 0.0909. The first-order valence-electron chi connectivity index (χ1n) is 8.87. The molecule has 0 fully saturated rings. The number of benzene rings is 3. The molecule has 1 aliphatic heterocycles. The molecule has 2 heterocycles. The van der Waals surface area contributed by atoms with E-state index in [1.54, 1.807) is 11.8 Å². The minimum atomic E-state index is -0.105. The number of rotatable bonds is 3. The van der Waals surface area contributed by atoms with Gasteiger partial charge in [-0.2, -0.15) is 0 Å². The number of hydrogen-bond acceptors (Lipinski definition) is 3. The average molecular weight is 371 g/mol. The molecule has 4 nitrogen and oxygen atoms in total. The van der Waals surface area contributed by atoms with Crippen molar-refractivity contribution < 1.29 is 4.79 Å². The number of fused-ring (bicyclic) bond motifs is 2. The van der Waals surface area contributed by atoms with Crippen LogP contribution in [0.25, 0.3) is 22.4 Å². The molecule has 1 aliphatic rings. The van der Waals surface area contributed by atoms with Gasteiger partial charge in [0.2, 0.25) is 5.91 Å². The molecular weight excluding hydrogens is 354 g/mol. The summed E-state index contributed by atoms with van der Waals surface area (Å²) in [6.07, 6.45) is 0.763. The van der Waals surface area contributed by atoms with Gasteiger partial charge in [-0.1, -0.05) is 42.5 Å². The topological polar surface area (TPSA) is 57.8 Å². The van der Waals surface area contributed by atoms with E-state index < -0.39 is 0 Å². The maximum absolute atomic E-state index is 12.9. The number of carbonyl (C=O) groups is 1. The molecule has 1 atom stereocenters. The molecule has 5 heteroatoms. The van der Waals surface area contributed by atoms with Crippen LogP contribution in [0.1, 0.15) is 5.56 Å². The van der Waals surface area contributed by atoms with Crippen molar-refractivity contribution in [1.82, 2.24) is 9.97 Å². The van der Waals surface area contributed by atoms with Crippen LogP contribution in [0.4, 0.5) is 5.69 Å². The Hall–Kier alpha value is -3.05. The van der Waals surface area contributed by atoms with E-state index in [4.69, 9.17) is 0 Å². The lowest BCUT2D eigenvalue weighted by atomic mass is 10.1. The van der Waals surface area contributed by atoms with Crippen molar-refractivity contribution in [2.75, 3.05) is 5.32 Å². The number of amides is 1. The van der Waals surface area contributed by atoms with Crippen molar-refractivity contribution in [1.29, 1.82) is 0 Å². The number of nitrogens with zero attached hydrogens (tertiary/aromatic N) is 1. The quantitative estimate of drug-likeness (QED) is 0.539. The monoisotopic (exact) mass is 371 g/mol. The molecule has 2 N–H and O–H groups in total. The highest BCUT2D eigenvalue weighted by atomic mass is 32.2. The Morgan fingerprint density at radius 3 is 2.67 bits per heavy atom. The van der Waals surface area contributed by atoms with Crippen molar-refractivity contribution >= 4 is 34.4 Å². The van der Waals surface area contributed by atoms with Crippen molar-refractivity contribution in [3.63, 3.8) is 0 Å². The Morgan fingerprint density at radius 2 is 1.78 bits per heavy atom. The lowest BCUT2D eigenvalue weighted by Gasteiger charge is -2.12. The predicted octanol–water partition coefficient (Wildman–Crippen LogP) is 4.89. The number of imidazole rings is 1. The highest BCUT2D eigenvalue weighted by molar-refractivity contribution is 8.01. The third-order valence-electron chi connectivity index (χ3n) is 4.77. The number of H-pyrrole nitrogens is 1. The first kappa shape index (κ1) is 16.1. The summed E-state index contributed by atoms with van der Waals surface area (Å²) in [5.74, 6) is 0.786. The maximum Gasteiger partial charge on any atom is 0.238 e. The van der Waals surface area contributed by atoms with Crippen LogP contribution in [-0.4, -0.2) is 21.1 Å². The van der Waals surface area contributed by atoms with E-state index >= 15 is 0 Å². The fourth-order valence-electron chi connectivity index (χ4n) is 3.42. The molecule has 1 amide bonds. The minimum Gasteiger partial charge on any atom is -0.338 e. The van der Waals surface area contributed by atoms with Gasteiger partial charge in [-0.3, -0.25) is 4.79 Å². The Labute approximate surface area is 161 Å². The molecule has 0 saturated carbocycles. The molecule has 1 aromatic heterocycles. The van der Waals surface area contributed by atoms with E-state index in [-0.39, 0.29) is 11.2 Å². The van der Waals surface area contributed by atoms with Gasteiger partial charge in [0.05, 0.1) is 22.0 Å². The number of thioether (sulfide) groups is 1. The van der Waals surface area contributed by atoms with Gasteiger partial charge in [-0.15, -0.1) is 11.8 Å². The molecule has 0 saturated heterocycles. The van der Waals surface area contributed by atoms with Crippen LogP contribution in [0, 0.1) is 0 Å². The number of carbonyl (C=O) groups excluding carboxylic acids is 1. The van der Waals surface area contributed by atoms with Crippen LogP contribution in [-0.2, 0) is 11.2 Å². The lowest BCUT2D eigenvalue weighted by molar-refractivity contribution is -0.115. The Bertz CT molecular complexity index is 1090. The zero-order valence-electron chi connectivity index (χ0n) is 14.5. The van der Waals surface area contributed by atoms with Crippen LogP contribution in [0.2, 0.25) is 0 Å². The number of anilines is 1. The standard InChI is InChI=1S/C22H17N3OS/c26-22(20-13-14-7-1-6-12-19(14)27-20)25-16-9-3-2-8-15(16)21-23-17-10-4-5-11-18(17)24-21/h1-12,20H,13H2,(H,23,24)(H,25,26). The summed E-state index contributed by atoms with van der Waals surface area (Å²) in [4.78, 5) is 22.1. The first-order chi connectivity index (χ1) is 13.3. The van der Waals surface area contributed by atoms with Gasteiger partial charge in [-0.25, -0.2) is 4.98 Å². The van der Waals surface area contributed by atoms with Gasteiger partial charge in [0.15, 0.2) is 0 Å². The molecule has 4 aromatic rings. The van der Waals surface area contributed by atoms with Crippen LogP contribution in [0.3, 0.4) is 0 Å². The van der Waals surface area contributed by atoms with Crippen LogP contribution in [0.5, 0.6) is 0 Å². The largest absolute Gasteiger partial charge is 0.338 e. The number of para-hydroxylation sites is 3. The molecule has 0 aliphatic carbocycles. The summed E-state index contributed by atoms with van der Waals surface area (Å²) in [5, 5.41) is 3.00. The van der Waals surface area contributed by atoms with Crippen molar-refractivity contribution in [2.45, 2.75) is 16.6 Å². The van der Waals surface area contributed by atoms with E-state index in [1.165, 1.54) is 10.5 Å². The number of nitrogens with one attached hydrogen (secondary N) is 2. The molecule has 0 spiro atoms. The maximum atomic E-state index is 12.9. The van der Waals surface area contributed by atoms with E-state index in [2.05, 4.69) is 27.4 Å². The second-order valence-corrected chi connectivity index (χ2v) is 7.80. The van der Waals surface area contributed by atoms with Crippen LogP contribution in [0.15, 0.2) is 77.7 Å². The molecule has 5 rings (SSSR count). The summed E-state index contributed by atoms with van der Waals surface area (Å²) >= 11 is 1.63. The van der Waals surface area contributed by atoms with Crippen molar-refractivity contribution in [3.8, 4) is 11.4 Å². The van der Waals surface area contributed by atoms with E-state index in [0.717, 1.165) is 34.5 Å². The lowest BCUT2D eigenvalue weighted by Crippen LogP contribution is -2.25. The Morgan fingerprint density at radius 1 is 1.00 bits per heavy atom. The van der Waals surface area contributed by atoms with E-state index in [9.17, 15) is 4.79 Å². The second kappa shape index (κ2) is 6.59. The van der Waals surface area contributed by atoms with Gasteiger partial charge in [0, 0.05) is 10.5 Å². The highest BCUT2D eigenvalue weighted by Crippen LogP contribution is 2.37. The highest BCUT2D eigenvalue weighted by Gasteiger charge is 2.28. The number of aromatic nitrogens is 2. The summed E-state index contributed by atoms with van der Waals surface area (Å²) < 4.78 is 0. The van der Waals surface area contributed by atoms with Gasteiger partial charge < -0.3 is 10.3 Å². The molecule has 1 unspecified atom stereocenters. The molecule has 132 valence electrons. The van der Waals surface area contributed by atoms with E-state index in [1.807, 2.05) is 60.7 Å². The minimum absolute atomic E-state index is 0.0276. The van der Waals surface area contributed by atoms with Gasteiger partial charge in [0.1, 0.15) is 5.82 Å². The summed E-state index contributed by atoms with van der Waals surface area (Å²) in [6.45, 7) is 0. The zero-order valence-corrected chi connectivity index (χ0v) is 15.3. The smallest absolute Gasteiger partial charge is 0.238 e. The third kappa shape index (κ3) is 3.00. The second-order valence-electron chi connectivity index (χ2n) is 6.56. The van der Waals surface area contributed by atoms with Gasteiger partial charge in [-0.05, 0) is 42.3 Å². The summed E-state index contributed by atoms with van der Waals surface area (Å²) in [7, 11) is 0. The van der Waals surface area contributed by atoms with Gasteiger partial charge in [0.25, 0.3) is 0 Å². The predicted molar refractivity (Wildman–Crippen MR) is 110 cm³/mol.